The van der Waals surface area contributed by atoms with Crippen LogP contribution in [-0.4, -0.2) is 80.4 Å². The van der Waals surface area contributed by atoms with Crippen LogP contribution in [-0.2, 0) is 0 Å². The largest absolute Gasteiger partial charge is 0.492 e. The molecule has 0 spiro atoms. The average molecular weight is 237 g/mol. The summed E-state index contributed by atoms with van der Waals surface area (Å²) in [6.45, 7) is 2.88. The Kier molecular flexibility index (Phi) is 5.93. The maximum atomic E-state index is 8.87. The van der Waals surface area contributed by atoms with Crippen molar-refractivity contribution in [2.24, 2.45) is 0 Å². The Balaban J connectivity index is 3.74. The molecule has 0 fully saturated rings. The second-order valence-corrected chi connectivity index (χ2v) is 7.11. The maximum absolute atomic E-state index is 8.87. The van der Waals surface area contributed by atoms with E-state index in [1.165, 1.54) is 0 Å². The lowest BCUT2D eigenvalue weighted by Crippen LogP contribution is -2.46. The van der Waals surface area contributed by atoms with Gasteiger partial charge in [0.05, 0.1) is 27.2 Å². The Hall–Kier alpha value is 0.0169. The molecular weight excluding hydrogens is 212 g/mol. The average Bonchev–Trinajstić information content (AvgIpc) is 1.98. The monoisotopic (exact) mass is 237 g/mol. The van der Waals surface area contributed by atoms with E-state index < -0.39 is 8.80 Å². The minimum Gasteiger partial charge on any atom is -0.390 e. The van der Waals surface area contributed by atoms with Crippen LogP contribution in [0.3, 0.4) is 0 Å². The molecule has 6 heteroatoms. The zero-order chi connectivity index (χ0) is 12.1. The molecule has 0 amide bonds. The molecule has 0 rings (SSSR count). The first-order valence-electron chi connectivity index (χ1n) is 5.26. The lowest BCUT2D eigenvalue weighted by atomic mass is 10.3. The van der Waals surface area contributed by atoms with Gasteiger partial charge in [0.2, 0.25) is 0 Å². The standard InChI is InChI=1S/C9H25N2O3Si/c1-10(2)6-8-11(3,4)7-5-9-15(12,13)14/h12-14H,5-9H2,1-4H3/q+1. The quantitative estimate of drug-likeness (QED) is 0.390. The van der Waals surface area contributed by atoms with Crippen molar-refractivity contribution in [2.45, 2.75) is 12.5 Å². The lowest BCUT2D eigenvalue weighted by molar-refractivity contribution is -0.889. The highest BCUT2D eigenvalue weighted by molar-refractivity contribution is 6.56. The van der Waals surface area contributed by atoms with E-state index >= 15 is 0 Å². The van der Waals surface area contributed by atoms with Crippen LogP contribution >= 0.6 is 0 Å². The van der Waals surface area contributed by atoms with E-state index in [1.54, 1.807) is 0 Å². The Morgan fingerprint density at radius 2 is 1.60 bits per heavy atom. The predicted molar refractivity (Wildman–Crippen MR) is 62.2 cm³/mol. The molecule has 15 heavy (non-hydrogen) atoms. The number of rotatable bonds is 7. The number of nitrogens with zero attached hydrogens (tertiary/aromatic N) is 2. The summed E-state index contributed by atoms with van der Waals surface area (Å²) in [5.74, 6) is 0. The van der Waals surface area contributed by atoms with Gasteiger partial charge in [0.25, 0.3) is 0 Å². The van der Waals surface area contributed by atoms with Gasteiger partial charge in [-0.15, -0.1) is 0 Å². The number of quaternary nitrogens is 1. The summed E-state index contributed by atoms with van der Waals surface area (Å²) in [4.78, 5) is 28.7. The Morgan fingerprint density at radius 3 is 2.00 bits per heavy atom. The molecule has 0 aliphatic rings. The molecule has 3 N–H and O–H groups in total. The third-order valence-electron chi connectivity index (χ3n) is 2.43. The van der Waals surface area contributed by atoms with E-state index in [2.05, 4.69) is 19.0 Å². The van der Waals surface area contributed by atoms with Crippen molar-refractivity contribution in [1.82, 2.24) is 4.90 Å². The fourth-order valence-electron chi connectivity index (χ4n) is 1.33. The molecular formula is C9H25N2O3Si+. The van der Waals surface area contributed by atoms with E-state index in [4.69, 9.17) is 14.4 Å². The number of likely N-dealkylation sites (N-methyl/N-ethyl adjacent to an activating group) is 2. The Morgan fingerprint density at radius 1 is 1.07 bits per heavy atom. The van der Waals surface area contributed by atoms with E-state index in [0.29, 0.717) is 6.42 Å². The molecule has 0 bridgehead atoms. The first-order chi connectivity index (χ1) is 6.62. The van der Waals surface area contributed by atoms with Crippen molar-refractivity contribution in [3.05, 3.63) is 0 Å². The van der Waals surface area contributed by atoms with Crippen molar-refractivity contribution >= 4 is 8.80 Å². The molecule has 0 unspecified atom stereocenters. The summed E-state index contributed by atoms with van der Waals surface area (Å²) < 4.78 is 0.836. The van der Waals surface area contributed by atoms with Gasteiger partial charge in [-0.2, -0.15) is 0 Å². The van der Waals surface area contributed by atoms with E-state index in [1.807, 2.05) is 14.1 Å². The molecule has 0 heterocycles. The van der Waals surface area contributed by atoms with Gasteiger partial charge < -0.3 is 23.8 Å². The van der Waals surface area contributed by atoms with E-state index in [0.717, 1.165) is 24.1 Å². The van der Waals surface area contributed by atoms with Gasteiger partial charge in [-0.05, 0) is 14.1 Å². The zero-order valence-electron chi connectivity index (χ0n) is 10.3. The van der Waals surface area contributed by atoms with E-state index in [-0.39, 0.29) is 6.04 Å². The molecule has 0 aliphatic heterocycles. The topological polar surface area (TPSA) is 63.9 Å². The minimum absolute atomic E-state index is 0.136. The lowest BCUT2D eigenvalue weighted by Gasteiger charge is -2.31. The summed E-state index contributed by atoms with van der Waals surface area (Å²) >= 11 is 0. The van der Waals surface area contributed by atoms with Gasteiger partial charge >= 0.3 is 8.80 Å². The van der Waals surface area contributed by atoms with Crippen LogP contribution in [0.25, 0.3) is 0 Å². The summed E-state index contributed by atoms with van der Waals surface area (Å²) in [6, 6.07) is 0.136. The molecule has 0 aromatic carbocycles. The molecule has 0 aromatic rings. The fourth-order valence-corrected chi connectivity index (χ4v) is 1.96. The number of hydrogen-bond donors (Lipinski definition) is 3. The van der Waals surface area contributed by atoms with Gasteiger partial charge in [0, 0.05) is 19.0 Å². The molecule has 0 aromatic heterocycles. The maximum Gasteiger partial charge on any atom is 0.492 e. The second kappa shape index (κ2) is 5.93. The van der Waals surface area contributed by atoms with Crippen LogP contribution < -0.4 is 0 Å². The molecule has 0 atom stereocenters. The predicted octanol–water partition coefficient (Wildman–Crippen LogP) is -1.07. The normalized spacial score (nSPS) is 13.6. The highest BCUT2D eigenvalue weighted by Crippen LogP contribution is 2.06. The molecule has 0 radical (unpaired) electrons. The SMILES string of the molecule is CN(C)CC[N+](C)(C)CCC[Si](O)(O)O. The van der Waals surface area contributed by atoms with Gasteiger partial charge in [-0.1, -0.05) is 0 Å². The molecule has 0 saturated heterocycles. The van der Waals surface area contributed by atoms with Crippen molar-refractivity contribution in [1.29, 1.82) is 0 Å². The highest BCUT2D eigenvalue weighted by atomic mass is 28.4. The first kappa shape index (κ1) is 15.0. The minimum atomic E-state index is -3.82. The van der Waals surface area contributed by atoms with Crippen molar-refractivity contribution in [2.75, 3.05) is 47.8 Å². The molecule has 92 valence electrons. The molecule has 0 saturated carbocycles. The summed E-state index contributed by atoms with van der Waals surface area (Å²) in [7, 11) is 4.47. The van der Waals surface area contributed by atoms with Crippen LogP contribution in [0, 0.1) is 0 Å². The van der Waals surface area contributed by atoms with Crippen LogP contribution in [0.15, 0.2) is 0 Å². The van der Waals surface area contributed by atoms with Gasteiger partial charge in [-0.25, -0.2) is 0 Å². The van der Waals surface area contributed by atoms with Gasteiger partial charge in [-0.3, -0.25) is 0 Å². The molecule has 0 aliphatic carbocycles. The van der Waals surface area contributed by atoms with Gasteiger partial charge in [0.15, 0.2) is 0 Å². The highest BCUT2D eigenvalue weighted by Gasteiger charge is 2.27. The summed E-state index contributed by atoms with van der Waals surface area (Å²) in [6.07, 6.45) is 0.649. The Bertz CT molecular complexity index is 181. The van der Waals surface area contributed by atoms with Crippen molar-refractivity contribution in [3.8, 4) is 0 Å². The fraction of sp³-hybridized carbons (Fsp3) is 1.00. The summed E-state index contributed by atoms with van der Waals surface area (Å²) in [5, 5.41) is 0. The third kappa shape index (κ3) is 10.3. The van der Waals surface area contributed by atoms with Crippen LogP contribution in [0.2, 0.25) is 6.04 Å². The van der Waals surface area contributed by atoms with Crippen LogP contribution in [0.4, 0.5) is 0 Å². The third-order valence-corrected chi connectivity index (χ3v) is 3.45. The van der Waals surface area contributed by atoms with Gasteiger partial charge in [0.1, 0.15) is 0 Å². The van der Waals surface area contributed by atoms with Crippen molar-refractivity contribution < 1.29 is 18.9 Å². The van der Waals surface area contributed by atoms with Crippen molar-refractivity contribution in [3.63, 3.8) is 0 Å². The summed E-state index contributed by atoms with van der Waals surface area (Å²) in [5.41, 5.74) is 0. The Labute approximate surface area is 93.5 Å². The first-order valence-corrected chi connectivity index (χ1v) is 7.31. The van der Waals surface area contributed by atoms with Crippen LogP contribution in [0.1, 0.15) is 6.42 Å². The zero-order valence-corrected chi connectivity index (χ0v) is 11.3. The smallest absolute Gasteiger partial charge is 0.390 e. The van der Waals surface area contributed by atoms with Crippen LogP contribution in [0.5, 0.6) is 0 Å². The molecule has 5 nitrogen and oxygen atoms in total. The second-order valence-electron chi connectivity index (χ2n) is 5.06. The van der Waals surface area contributed by atoms with E-state index in [9.17, 15) is 0 Å². The number of hydrogen-bond acceptors (Lipinski definition) is 4.